The number of carbonyl (C=O) groups is 1. The Morgan fingerprint density at radius 3 is 2.32 bits per heavy atom. The Morgan fingerprint density at radius 2 is 1.71 bits per heavy atom. The number of carbonyl (C=O) groups excluding carboxylic acids is 1. The van der Waals surface area contributed by atoms with E-state index in [1.807, 2.05) is 32.0 Å². The van der Waals surface area contributed by atoms with Gasteiger partial charge in [-0.2, -0.15) is 23.5 Å². The van der Waals surface area contributed by atoms with Gasteiger partial charge in [0.25, 0.3) is 5.91 Å². The summed E-state index contributed by atoms with van der Waals surface area (Å²) in [5, 5.41) is 13.3. The third-order valence-electron chi connectivity index (χ3n) is 6.94. The quantitative estimate of drug-likeness (QED) is 0.314. The van der Waals surface area contributed by atoms with Crippen molar-refractivity contribution in [1.82, 2.24) is 24.4 Å². The van der Waals surface area contributed by atoms with Crippen molar-refractivity contribution in [2.24, 2.45) is 0 Å². The van der Waals surface area contributed by atoms with Gasteiger partial charge in [0.2, 0.25) is 0 Å². The molecule has 1 fully saturated rings. The number of benzene rings is 2. The van der Waals surface area contributed by atoms with Crippen molar-refractivity contribution in [2.75, 3.05) is 33.3 Å². The first kappa shape index (κ1) is 29.6. The molecule has 0 radical (unpaired) electrons. The van der Waals surface area contributed by atoms with Crippen molar-refractivity contribution in [3.8, 4) is 23.1 Å². The normalized spacial score (nSPS) is 13.9. The minimum Gasteiger partial charge on any atom is -0.497 e. The molecule has 8 nitrogen and oxygen atoms in total. The first-order chi connectivity index (χ1) is 19.7. The van der Waals surface area contributed by atoms with Crippen LogP contribution in [0.25, 0.3) is 16.9 Å². The molecule has 4 aromatic rings. The molecule has 0 aliphatic carbocycles. The van der Waals surface area contributed by atoms with E-state index < -0.39 is 17.8 Å². The van der Waals surface area contributed by atoms with Crippen LogP contribution >= 0.6 is 0 Å². The van der Waals surface area contributed by atoms with Crippen molar-refractivity contribution < 1.29 is 22.7 Å². The second kappa shape index (κ2) is 12.4. The zero-order valence-corrected chi connectivity index (χ0v) is 23.4. The molecule has 2 aromatic heterocycles. The molecule has 1 aliphatic rings. The van der Waals surface area contributed by atoms with Crippen molar-refractivity contribution in [2.45, 2.75) is 33.5 Å². The van der Waals surface area contributed by atoms with Crippen LogP contribution in [0.4, 0.5) is 13.2 Å². The van der Waals surface area contributed by atoms with Crippen LogP contribution in [0.2, 0.25) is 0 Å². The van der Waals surface area contributed by atoms with E-state index in [1.54, 1.807) is 35.2 Å². The third-order valence-corrected chi connectivity index (χ3v) is 6.94. The van der Waals surface area contributed by atoms with E-state index in [4.69, 9.17) is 4.74 Å². The molecule has 0 bridgehead atoms. The largest absolute Gasteiger partial charge is 0.497 e. The minimum atomic E-state index is -4.72. The van der Waals surface area contributed by atoms with Crippen LogP contribution in [0.3, 0.4) is 0 Å². The van der Waals surface area contributed by atoms with Gasteiger partial charge < -0.3 is 9.64 Å². The number of rotatable bonds is 5. The molecule has 5 rings (SSSR count). The average Bonchev–Trinajstić information content (AvgIpc) is 3.40. The van der Waals surface area contributed by atoms with Crippen LogP contribution in [0.5, 0.6) is 5.75 Å². The summed E-state index contributed by atoms with van der Waals surface area (Å²) in [6.07, 6.45) is -3.56. The Labute approximate surface area is 236 Å². The Balaban J connectivity index is 0.00000189. The van der Waals surface area contributed by atoms with Gasteiger partial charge in [0.1, 0.15) is 11.3 Å². The van der Waals surface area contributed by atoms with Crippen molar-refractivity contribution in [1.29, 1.82) is 5.26 Å². The summed E-state index contributed by atoms with van der Waals surface area (Å²) < 4.78 is 48.5. The molecule has 3 heterocycles. The lowest BCUT2D eigenvalue weighted by atomic mass is 10.0. The van der Waals surface area contributed by atoms with Gasteiger partial charge in [-0.15, -0.1) is 0 Å². The third kappa shape index (κ3) is 6.02. The monoisotopic (exact) mass is 564 g/mol. The highest BCUT2D eigenvalue weighted by atomic mass is 19.4. The second-order valence-corrected chi connectivity index (χ2v) is 9.29. The highest BCUT2D eigenvalue weighted by Gasteiger charge is 2.39. The van der Waals surface area contributed by atoms with Gasteiger partial charge in [-0.05, 0) is 42.8 Å². The molecule has 0 atom stereocenters. The predicted octanol–water partition coefficient (Wildman–Crippen LogP) is 5.59. The van der Waals surface area contributed by atoms with Gasteiger partial charge in [0, 0.05) is 43.9 Å². The smallest absolute Gasteiger partial charge is 0.433 e. The predicted molar refractivity (Wildman–Crippen MR) is 148 cm³/mol. The number of nitriles is 1. The topological polar surface area (TPSA) is 86.8 Å². The lowest BCUT2D eigenvalue weighted by Crippen LogP contribution is -2.48. The summed E-state index contributed by atoms with van der Waals surface area (Å²) in [4.78, 5) is 21.7. The number of fused-ring (bicyclic) bond motifs is 1. The molecule has 41 heavy (non-hydrogen) atoms. The number of nitrogens with zero attached hydrogens (tertiary/aromatic N) is 6. The standard InChI is InChI=1S/C28H25F3N6O2.C2H6/c1-18-24(19-7-9-22(39-2)10-8-19)34-26-23(16-33-37(26)25(18)28(29,30)31)27(38)36-13-11-35(12-14-36)17-21-6-4-3-5-20(21)15-32;1-2/h3-10,16H,11-14,17H2,1-2H3;1-2H3. The van der Waals surface area contributed by atoms with Gasteiger partial charge in [0.05, 0.1) is 30.6 Å². The molecule has 0 saturated carbocycles. The molecule has 1 saturated heterocycles. The van der Waals surface area contributed by atoms with Crippen LogP contribution < -0.4 is 4.74 Å². The number of methoxy groups -OCH3 is 1. The molecule has 0 unspecified atom stereocenters. The lowest BCUT2D eigenvalue weighted by molar-refractivity contribution is -0.143. The second-order valence-electron chi connectivity index (χ2n) is 9.29. The number of aromatic nitrogens is 3. The number of ether oxygens (including phenoxy) is 1. The maximum atomic E-state index is 14.2. The summed E-state index contributed by atoms with van der Waals surface area (Å²) in [5.74, 6) is 0.135. The highest BCUT2D eigenvalue weighted by Crippen LogP contribution is 2.37. The van der Waals surface area contributed by atoms with E-state index in [9.17, 15) is 23.2 Å². The van der Waals surface area contributed by atoms with Gasteiger partial charge in [-0.3, -0.25) is 9.69 Å². The Hall–Kier alpha value is -4.43. The minimum absolute atomic E-state index is 0.0125. The van der Waals surface area contributed by atoms with Crippen molar-refractivity contribution in [3.05, 3.63) is 82.7 Å². The first-order valence-electron chi connectivity index (χ1n) is 13.3. The summed E-state index contributed by atoms with van der Waals surface area (Å²) in [5.41, 5.74) is 0.907. The number of piperazine rings is 1. The summed E-state index contributed by atoms with van der Waals surface area (Å²) in [6.45, 7) is 7.80. The molecule has 11 heteroatoms. The molecular weight excluding hydrogens is 533 g/mol. The van der Waals surface area contributed by atoms with Crippen LogP contribution in [-0.4, -0.2) is 63.6 Å². The zero-order valence-electron chi connectivity index (χ0n) is 23.4. The lowest BCUT2D eigenvalue weighted by Gasteiger charge is -2.34. The van der Waals surface area contributed by atoms with Gasteiger partial charge in [-0.25, -0.2) is 9.50 Å². The molecule has 0 N–H and O–H groups in total. The molecule has 214 valence electrons. The Bertz CT molecular complexity index is 1570. The molecule has 2 aromatic carbocycles. The number of hydrogen-bond donors (Lipinski definition) is 0. The highest BCUT2D eigenvalue weighted by molar-refractivity contribution is 6.00. The van der Waals surface area contributed by atoms with E-state index in [0.717, 1.165) is 11.8 Å². The first-order valence-corrected chi connectivity index (χ1v) is 13.3. The number of alkyl halides is 3. The number of halogens is 3. The van der Waals surface area contributed by atoms with Crippen LogP contribution in [0, 0.1) is 18.3 Å². The van der Waals surface area contributed by atoms with Crippen LogP contribution in [-0.2, 0) is 12.7 Å². The van der Waals surface area contributed by atoms with Gasteiger partial charge >= 0.3 is 6.18 Å². The van der Waals surface area contributed by atoms with Gasteiger partial charge in [0.15, 0.2) is 11.3 Å². The van der Waals surface area contributed by atoms with Gasteiger partial charge in [-0.1, -0.05) is 32.0 Å². The number of hydrogen-bond acceptors (Lipinski definition) is 6. The average molecular weight is 565 g/mol. The van der Waals surface area contributed by atoms with E-state index in [0.29, 0.717) is 54.1 Å². The maximum absolute atomic E-state index is 14.2. The fraction of sp³-hybridized carbons (Fsp3) is 0.333. The molecule has 0 spiro atoms. The maximum Gasteiger partial charge on any atom is 0.433 e. The Morgan fingerprint density at radius 1 is 1.05 bits per heavy atom. The molecule has 1 amide bonds. The SMILES string of the molecule is CC.COc1ccc(-c2nc3c(C(=O)N4CCN(Cc5ccccc5C#N)CC4)cnn3c(C(F)(F)F)c2C)cc1. The van der Waals surface area contributed by atoms with E-state index in [1.165, 1.54) is 14.0 Å². The molecule has 1 aliphatic heterocycles. The fourth-order valence-corrected chi connectivity index (χ4v) is 4.88. The van der Waals surface area contributed by atoms with Crippen LogP contribution in [0.1, 0.15) is 46.6 Å². The van der Waals surface area contributed by atoms with E-state index in [2.05, 4.69) is 21.1 Å². The number of amides is 1. The Kier molecular flexibility index (Phi) is 8.93. The van der Waals surface area contributed by atoms with E-state index in [-0.39, 0.29) is 22.5 Å². The van der Waals surface area contributed by atoms with E-state index >= 15 is 0 Å². The summed E-state index contributed by atoms with van der Waals surface area (Å²) in [6, 6.07) is 16.1. The van der Waals surface area contributed by atoms with Crippen molar-refractivity contribution in [3.63, 3.8) is 0 Å². The zero-order chi connectivity index (χ0) is 29.7. The van der Waals surface area contributed by atoms with Crippen LogP contribution in [0.15, 0.2) is 54.7 Å². The molecular formula is C30H31F3N6O2. The summed E-state index contributed by atoms with van der Waals surface area (Å²) in [7, 11) is 1.50. The van der Waals surface area contributed by atoms with Crippen molar-refractivity contribution >= 4 is 11.6 Å². The fourth-order valence-electron chi connectivity index (χ4n) is 4.88. The summed E-state index contributed by atoms with van der Waals surface area (Å²) >= 11 is 0.